The largest absolute Gasteiger partial charge is 0.480 e. The Morgan fingerprint density at radius 2 is 2.05 bits per heavy atom. The van der Waals surface area contributed by atoms with Crippen LogP contribution in [0.5, 0.6) is 5.88 Å². The Hall–Kier alpha value is -1.65. The van der Waals surface area contributed by atoms with Crippen LogP contribution in [0.1, 0.15) is 29.8 Å². The van der Waals surface area contributed by atoms with Gasteiger partial charge in [0.15, 0.2) is 0 Å². The van der Waals surface area contributed by atoms with Gasteiger partial charge in [0.25, 0.3) is 0 Å². The smallest absolute Gasteiger partial charge is 0.233 e. The Morgan fingerprint density at radius 3 is 2.60 bits per heavy atom. The van der Waals surface area contributed by atoms with Crippen molar-refractivity contribution in [2.24, 2.45) is 0 Å². The van der Waals surface area contributed by atoms with Gasteiger partial charge >= 0.3 is 0 Å². The molecular weight excluding hydrogens is 274 g/mol. The molecule has 0 aliphatic carbocycles. The lowest BCUT2D eigenvalue weighted by Gasteiger charge is -2.18. The zero-order valence-corrected chi connectivity index (χ0v) is 12.6. The Balaban J connectivity index is 2.35. The third kappa shape index (κ3) is 3.26. The summed E-state index contributed by atoms with van der Waals surface area (Å²) in [5, 5.41) is 12.4. The molecule has 1 atom stereocenters. The molecule has 0 saturated heterocycles. The van der Waals surface area contributed by atoms with Gasteiger partial charge in [-0.25, -0.2) is 0 Å². The molecule has 20 heavy (non-hydrogen) atoms. The lowest BCUT2D eigenvalue weighted by molar-refractivity contribution is 0.390. The zero-order valence-electron chi connectivity index (χ0n) is 11.9. The van der Waals surface area contributed by atoms with E-state index < -0.39 is 0 Å². The summed E-state index contributed by atoms with van der Waals surface area (Å²) in [5.74, 6) is 0.505. The van der Waals surface area contributed by atoms with E-state index in [0.29, 0.717) is 5.88 Å². The molecule has 1 unspecified atom stereocenters. The van der Waals surface area contributed by atoms with Crippen molar-refractivity contribution in [1.29, 1.82) is 0 Å². The highest BCUT2D eigenvalue weighted by molar-refractivity contribution is 6.31. The second kappa shape index (κ2) is 6.68. The quantitative estimate of drug-likeness (QED) is 0.919. The molecule has 0 aliphatic heterocycles. The van der Waals surface area contributed by atoms with Gasteiger partial charge in [-0.15, -0.1) is 10.2 Å². The maximum absolute atomic E-state index is 6.21. The van der Waals surface area contributed by atoms with Crippen molar-refractivity contribution < 1.29 is 4.74 Å². The molecule has 0 fully saturated rings. The van der Waals surface area contributed by atoms with Crippen molar-refractivity contribution in [1.82, 2.24) is 15.5 Å². The predicted octanol–water partition coefficient (Wildman–Crippen LogP) is 3.15. The van der Waals surface area contributed by atoms with Crippen molar-refractivity contribution in [3.05, 3.63) is 52.2 Å². The third-order valence-corrected chi connectivity index (χ3v) is 3.51. The molecule has 5 heteroatoms. The molecule has 1 heterocycles. The van der Waals surface area contributed by atoms with Crippen LogP contribution in [0.4, 0.5) is 0 Å². The monoisotopic (exact) mass is 291 g/mol. The number of aromatic nitrogens is 2. The number of rotatable bonds is 5. The molecule has 0 radical (unpaired) electrons. The van der Waals surface area contributed by atoms with E-state index in [9.17, 15) is 0 Å². The normalized spacial score (nSPS) is 12.2. The molecule has 0 spiro atoms. The average molecular weight is 292 g/mol. The van der Waals surface area contributed by atoms with Crippen LogP contribution in [0.25, 0.3) is 0 Å². The number of benzene rings is 1. The lowest BCUT2D eigenvalue weighted by Crippen LogP contribution is -2.23. The van der Waals surface area contributed by atoms with Gasteiger partial charge in [-0.2, -0.15) is 0 Å². The van der Waals surface area contributed by atoms with Crippen molar-refractivity contribution in [2.75, 3.05) is 13.7 Å². The van der Waals surface area contributed by atoms with Crippen LogP contribution in [-0.2, 0) is 0 Å². The summed E-state index contributed by atoms with van der Waals surface area (Å²) in [6.45, 7) is 4.87. The van der Waals surface area contributed by atoms with E-state index in [1.54, 1.807) is 7.11 Å². The number of methoxy groups -OCH3 is 1. The highest BCUT2D eigenvalue weighted by Gasteiger charge is 2.16. The number of halogens is 1. The second-order valence-electron chi connectivity index (χ2n) is 4.50. The van der Waals surface area contributed by atoms with E-state index in [-0.39, 0.29) is 6.04 Å². The summed E-state index contributed by atoms with van der Waals surface area (Å²) in [5.41, 5.74) is 2.97. The van der Waals surface area contributed by atoms with E-state index in [0.717, 1.165) is 28.4 Å². The summed E-state index contributed by atoms with van der Waals surface area (Å²) < 4.78 is 5.03. The number of aryl methyl sites for hydroxylation is 1. The van der Waals surface area contributed by atoms with Crippen molar-refractivity contribution in [3.63, 3.8) is 0 Å². The van der Waals surface area contributed by atoms with Gasteiger partial charge in [-0.1, -0.05) is 30.7 Å². The van der Waals surface area contributed by atoms with Crippen molar-refractivity contribution >= 4 is 11.6 Å². The third-order valence-electron chi connectivity index (χ3n) is 3.10. The number of nitrogens with zero attached hydrogens (tertiary/aromatic N) is 2. The van der Waals surface area contributed by atoms with E-state index in [4.69, 9.17) is 16.3 Å². The molecule has 0 saturated carbocycles. The van der Waals surface area contributed by atoms with Crippen LogP contribution < -0.4 is 10.1 Å². The van der Waals surface area contributed by atoms with Crippen molar-refractivity contribution in [2.45, 2.75) is 19.9 Å². The Morgan fingerprint density at radius 1 is 1.25 bits per heavy atom. The first-order valence-electron chi connectivity index (χ1n) is 6.52. The standard InChI is InChI=1S/C15H18ClN3O/c1-4-17-15(11-6-5-10(2)12(16)9-11)13-7-8-14(20-3)19-18-13/h5-9,15,17H,4H2,1-3H3. The van der Waals surface area contributed by atoms with Gasteiger partial charge in [-0.3, -0.25) is 0 Å². The molecule has 106 valence electrons. The summed E-state index contributed by atoms with van der Waals surface area (Å²) in [6.07, 6.45) is 0. The van der Waals surface area contributed by atoms with Gasteiger partial charge in [0.1, 0.15) is 0 Å². The number of hydrogen-bond acceptors (Lipinski definition) is 4. The summed E-state index contributed by atoms with van der Waals surface area (Å²) >= 11 is 6.21. The van der Waals surface area contributed by atoms with Crippen LogP contribution in [0.3, 0.4) is 0 Å². The first-order valence-corrected chi connectivity index (χ1v) is 6.90. The Bertz CT molecular complexity index is 572. The molecule has 2 aromatic rings. The summed E-state index contributed by atoms with van der Waals surface area (Å²) in [4.78, 5) is 0. The highest BCUT2D eigenvalue weighted by Crippen LogP contribution is 2.25. The molecule has 2 rings (SSSR count). The molecule has 0 aliphatic rings. The van der Waals surface area contributed by atoms with Gasteiger partial charge < -0.3 is 10.1 Å². The number of hydrogen-bond donors (Lipinski definition) is 1. The average Bonchev–Trinajstić information content (AvgIpc) is 2.48. The van der Waals surface area contributed by atoms with Crippen LogP contribution in [0.15, 0.2) is 30.3 Å². The topological polar surface area (TPSA) is 47.0 Å². The highest BCUT2D eigenvalue weighted by atomic mass is 35.5. The van der Waals surface area contributed by atoms with E-state index >= 15 is 0 Å². The number of nitrogens with one attached hydrogen (secondary N) is 1. The van der Waals surface area contributed by atoms with Crippen LogP contribution in [-0.4, -0.2) is 23.9 Å². The van der Waals surface area contributed by atoms with Gasteiger partial charge in [-0.05, 0) is 36.7 Å². The minimum atomic E-state index is -0.0310. The predicted molar refractivity (Wildman–Crippen MR) is 80.3 cm³/mol. The molecule has 0 bridgehead atoms. The maximum atomic E-state index is 6.21. The van der Waals surface area contributed by atoms with Crippen molar-refractivity contribution in [3.8, 4) is 5.88 Å². The molecule has 1 aromatic carbocycles. The lowest BCUT2D eigenvalue weighted by atomic mass is 10.0. The fourth-order valence-corrected chi connectivity index (χ4v) is 2.17. The summed E-state index contributed by atoms with van der Waals surface area (Å²) in [7, 11) is 1.57. The van der Waals surface area contributed by atoms with Crippen LogP contribution >= 0.6 is 11.6 Å². The fraction of sp³-hybridized carbons (Fsp3) is 0.333. The molecular formula is C15H18ClN3O. The fourth-order valence-electron chi connectivity index (χ4n) is 1.98. The number of ether oxygens (including phenoxy) is 1. The Kier molecular flexibility index (Phi) is 4.93. The molecule has 0 amide bonds. The zero-order chi connectivity index (χ0) is 14.5. The van der Waals surface area contributed by atoms with Gasteiger partial charge in [0.05, 0.1) is 18.8 Å². The molecule has 1 aromatic heterocycles. The first kappa shape index (κ1) is 14.8. The first-order chi connectivity index (χ1) is 9.65. The molecule has 4 nitrogen and oxygen atoms in total. The van der Waals surface area contributed by atoms with Crippen LogP contribution in [0, 0.1) is 6.92 Å². The van der Waals surface area contributed by atoms with E-state index in [1.165, 1.54) is 0 Å². The molecule has 1 N–H and O–H groups in total. The van der Waals surface area contributed by atoms with E-state index in [1.807, 2.05) is 31.2 Å². The van der Waals surface area contributed by atoms with Crippen LogP contribution in [0.2, 0.25) is 5.02 Å². The SMILES string of the molecule is CCNC(c1ccc(C)c(Cl)c1)c1ccc(OC)nn1. The Labute approximate surface area is 124 Å². The van der Waals surface area contributed by atoms with Gasteiger partial charge in [0, 0.05) is 11.1 Å². The minimum absolute atomic E-state index is 0.0310. The summed E-state index contributed by atoms with van der Waals surface area (Å²) in [6, 6.07) is 9.72. The van der Waals surface area contributed by atoms with E-state index in [2.05, 4.69) is 28.5 Å². The van der Waals surface area contributed by atoms with Gasteiger partial charge in [0.2, 0.25) is 5.88 Å². The second-order valence-corrected chi connectivity index (χ2v) is 4.91. The maximum Gasteiger partial charge on any atom is 0.233 e. The minimum Gasteiger partial charge on any atom is -0.480 e.